The number of likely N-dealkylation sites (N-methyl/N-ethyl adjacent to an activating group) is 1. The molecule has 0 aliphatic carbocycles. The van der Waals surface area contributed by atoms with E-state index in [2.05, 4.69) is 49.4 Å². The SMILES string of the molecule is C=C(CNCC)CN1CCN(C(C)(C)C)CC1. The minimum atomic E-state index is 0.312. The monoisotopic (exact) mass is 239 g/mol. The summed E-state index contributed by atoms with van der Waals surface area (Å²) in [4.78, 5) is 5.08. The van der Waals surface area contributed by atoms with Crippen LogP contribution in [0.25, 0.3) is 0 Å². The summed E-state index contributed by atoms with van der Waals surface area (Å²) in [6.45, 7) is 20.9. The molecule has 0 bridgehead atoms. The molecule has 1 aliphatic heterocycles. The average Bonchev–Trinajstić information content (AvgIpc) is 2.26. The molecule has 0 saturated carbocycles. The van der Waals surface area contributed by atoms with Gasteiger partial charge in [0.05, 0.1) is 0 Å². The van der Waals surface area contributed by atoms with Gasteiger partial charge in [-0.25, -0.2) is 0 Å². The Morgan fingerprint density at radius 3 is 2.24 bits per heavy atom. The molecule has 0 spiro atoms. The lowest BCUT2D eigenvalue weighted by Crippen LogP contribution is -2.53. The molecule has 1 aliphatic rings. The fourth-order valence-electron chi connectivity index (χ4n) is 2.25. The third kappa shape index (κ3) is 5.19. The predicted molar refractivity (Wildman–Crippen MR) is 75.4 cm³/mol. The maximum absolute atomic E-state index is 4.14. The van der Waals surface area contributed by atoms with Crippen LogP contribution >= 0.6 is 0 Å². The highest BCUT2D eigenvalue weighted by Gasteiger charge is 2.25. The van der Waals surface area contributed by atoms with E-state index in [4.69, 9.17) is 0 Å². The molecule has 1 saturated heterocycles. The van der Waals surface area contributed by atoms with Crippen molar-refractivity contribution in [2.75, 3.05) is 45.8 Å². The van der Waals surface area contributed by atoms with Gasteiger partial charge in [-0.05, 0) is 32.9 Å². The molecule has 1 N–H and O–H groups in total. The Balaban J connectivity index is 2.25. The molecule has 0 amide bonds. The second-order valence-electron chi connectivity index (χ2n) is 5.96. The molecule has 3 heteroatoms. The fourth-order valence-corrected chi connectivity index (χ4v) is 2.25. The lowest BCUT2D eigenvalue weighted by molar-refractivity contribution is 0.0662. The summed E-state index contributed by atoms with van der Waals surface area (Å²) in [5.41, 5.74) is 1.61. The summed E-state index contributed by atoms with van der Waals surface area (Å²) < 4.78 is 0. The Bertz CT molecular complexity index is 234. The van der Waals surface area contributed by atoms with Crippen molar-refractivity contribution in [1.29, 1.82) is 0 Å². The van der Waals surface area contributed by atoms with Crippen molar-refractivity contribution in [3.8, 4) is 0 Å². The molecule has 17 heavy (non-hydrogen) atoms. The van der Waals surface area contributed by atoms with Crippen LogP contribution in [0.1, 0.15) is 27.7 Å². The van der Waals surface area contributed by atoms with Crippen LogP contribution in [0, 0.1) is 0 Å². The van der Waals surface area contributed by atoms with Gasteiger partial charge in [0.1, 0.15) is 0 Å². The van der Waals surface area contributed by atoms with Gasteiger partial charge >= 0.3 is 0 Å². The van der Waals surface area contributed by atoms with Crippen molar-refractivity contribution in [3.63, 3.8) is 0 Å². The first-order valence-corrected chi connectivity index (χ1v) is 6.78. The van der Waals surface area contributed by atoms with Gasteiger partial charge in [0.25, 0.3) is 0 Å². The maximum Gasteiger partial charge on any atom is 0.0203 e. The molecule has 0 unspecified atom stereocenters. The van der Waals surface area contributed by atoms with Gasteiger partial charge in [-0.3, -0.25) is 9.80 Å². The van der Waals surface area contributed by atoms with Crippen LogP contribution in [0.3, 0.4) is 0 Å². The number of hydrogen-bond acceptors (Lipinski definition) is 3. The third-order valence-corrected chi connectivity index (χ3v) is 3.39. The van der Waals surface area contributed by atoms with E-state index in [1.807, 2.05) is 0 Å². The quantitative estimate of drug-likeness (QED) is 0.735. The zero-order valence-electron chi connectivity index (χ0n) is 12.1. The summed E-state index contributed by atoms with van der Waals surface area (Å²) in [6, 6.07) is 0. The zero-order chi connectivity index (χ0) is 12.9. The molecule has 3 nitrogen and oxygen atoms in total. The third-order valence-electron chi connectivity index (χ3n) is 3.39. The Labute approximate surface area is 107 Å². The first-order valence-electron chi connectivity index (χ1n) is 6.78. The summed E-state index contributed by atoms with van der Waals surface area (Å²) in [6.07, 6.45) is 0. The minimum Gasteiger partial charge on any atom is -0.313 e. The van der Waals surface area contributed by atoms with Gasteiger partial charge in [-0.2, -0.15) is 0 Å². The number of nitrogens with one attached hydrogen (secondary N) is 1. The lowest BCUT2D eigenvalue weighted by Gasteiger charge is -2.42. The molecular weight excluding hydrogens is 210 g/mol. The van der Waals surface area contributed by atoms with Crippen LogP contribution in [0.2, 0.25) is 0 Å². The van der Waals surface area contributed by atoms with E-state index in [1.165, 1.54) is 31.8 Å². The normalized spacial score (nSPS) is 19.5. The number of nitrogens with zero attached hydrogens (tertiary/aromatic N) is 2. The lowest BCUT2D eigenvalue weighted by atomic mass is 10.0. The zero-order valence-corrected chi connectivity index (χ0v) is 12.1. The van der Waals surface area contributed by atoms with Crippen molar-refractivity contribution >= 4 is 0 Å². The Morgan fingerprint density at radius 1 is 1.18 bits per heavy atom. The fraction of sp³-hybridized carbons (Fsp3) is 0.857. The largest absolute Gasteiger partial charge is 0.313 e. The van der Waals surface area contributed by atoms with Crippen LogP contribution in [-0.4, -0.2) is 61.2 Å². The standard InChI is InChI=1S/C14H29N3/c1-6-15-11-13(2)12-16-7-9-17(10-8-16)14(3,4)5/h15H,2,6-12H2,1,3-5H3. The van der Waals surface area contributed by atoms with Gasteiger partial charge in [-0.15, -0.1) is 0 Å². The molecule has 0 aromatic rings. The Morgan fingerprint density at radius 2 is 1.76 bits per heavy atom. The highest BCUT2D eigenvalue weighted by Crippen LogP contribution is 2.15. The summed E-state index contributed by atoms with van der Waals surface area (Å²) >= 11 is 0. The first kappa shape index (κ1) is 14.7. The Hall–Kier alpha value is -0.380. The van der Waals surface area contributed by atoms with Crippen LogP contribution in [0.15, 0.2) is 12.2 Å². The minimum absolute atomic E-state index is 0.312. The van der Waals surface area contributed by atoms with Crippen molar-refractivity contribution in [1.82, 2.24) is 15.1 Å². The molecule has 0 aromatic carbocycles. The van der Waals surface area contributed by atoms with E-state index in [9.17, 15) is 0 Å². The second kappa shape index (κ2) is 6.53. The van der Waals surface area contributed by atoms with E-state index in [1.54, 1.807) is 0 Å². The summed E-state index contributed by atoms with van der Waals surface area (Å²) in [5, 5.41) is 3.33. The molecule has 0 atom stereocenters. The van der Waals surface area contributed by atoms with Crippen molar-refractivity contribution in [2.24, 2.45) is 0 Å². The van der Waals surface area contributed by atoms with Gasteiger partial charge < -0.3 is 5.32 Å². The van der Waals surface area contributed by atoms with E-state index < -0.39 is 0 Å². The molecule has 0 radical (unpaired) electrons. The van der Waals surface area contributed by atoms with Crippen LogP contribution < -0.4 is 5.32 Å². The molecular formula is C14H29N3. The Kier molecular flexibility index (Phi) is 5.63. The van der Waals surface area contributed by atoms with E-state index in [0.29, 0.717) is 5.54 Å². The average molecular weight is 239 g/mol. The maximum atomic E-state index is 4.14. The highest BCUT2D eigenvalue weighted by molar-refractivity contribution is 5.00. The highest BCUT2D eigenvalue weighted by atomic mass is 15.3. The topological polar surface area (TPSA) is 18.5 Å². The molecule has 1 heterocycles. The first-order chi connectivity index (χ1) is 7.93. The van der Waals surface area contributed by atoms with Crippen LogP contribution in [0.5, 0.6) is 0 Å². The number of rotatable bonds is 5. The second-order valence-corrected chi connectivity index (χ2v) is 5.96. The molecule has 0 aromatic heterocycles. The summed E-state index contributed by atoms with van der Waals surface area (Å²) in [7, 11) is 0. The van der Waals surface area contributed by atoms with Crippen LogP contribution in [0.4, 0.5) is 0 Å². The van der Waals surface area contributed by atoms with Crippen LogP contribution in [-0.2, 0) is 0 Å². The molecule has 100 valence electrons. The number of hydrogen-bond donors (Lipinski definition) is 1. The van der Waals surface area contributed by atoms with Gasteiger partial charge in [0.15, 0.2) is 0 Å². The van der Waals surface area contributed by atoms with Gasteiger partial charge in [0.2, 0.25) is 0 Å². The predicted octanol–water partition coefficient (Wildman–Crippen LogP) is 1.57. The molecule has 1 rings (SSSR count). The number of piperazine rings is 1. The van der Waals surface area contributed by atoms with E-state index >= 15 is 0 Å². The van der Waals surface area contributed by atoms with Gasteiger partial charge in [0, 0.05) is 44.8 Å². The van der Waals surface area contributed by atoms with E-state index in [0.717, 1.165) is 19.6 Å². The molecule has 1 fully saturated rings. The smallest absolute Gasteiger partial charge is 0.0203 e. The summed E-state index contributed by atoms with van der Waals surface area (Å²) in [5.74, 6) is 0. The van der Waals surface area contributed by atoms with Crippen molar-refractivity contribution in [2.45, 2.75) is 33.2 Å². The van der Waals surface area contributed by atoms with Crippen molar-refractivity contribution < 1.29 is 0 Å². The van der Waals surface area contributed by atoms with Gasteiger partial charge in [-0.1, -0.05) is 13.5 Å². The van der Waals surface area contributed by atoms with E-state index in [-0.39, 0.29) is 0 Å². The van der Waals surface area contributed by atoms with Crippen molar-refractivity contribution in [3.05, 3.63) is 12.2 Å².